The molecule has 1 aliphatic heterocycles. The molecule has 1 aromatic carbocycles. The molecule has 0 aromatic heterocycles. The van der Waals surface area contributed by atoms with Crippen molar-refractivity contribution in [1.82, 2.24) is 10.2 Å². The highest BCUT2D eigenvalue weighted by atomic mass is 16.3. The maximum atomic E-state index is 12.3. The fraction of sp³-hybridized carbons (Fsp3) is 0.588. The van der Waals surface area contributed by atoms with Gasteiger partial charge in [0, 0.05) is 19.0 Å². The molecule has 4 nitrogen and oxygen atoms in total. The van der Waals surface area contributed by atoms with Crippen LogP contribution in [0, 0.1) is 18.8 Å². The summed E-state index contributed by atoms with van der Waals surface area (Å²) < 4.78 is 0. The molecular weight excluding hydrogens is 264 g/mol. The Morgan fingerprint density at radius 2 is 2.05 bits per heavy atom. The summed E-state index contributed by atoms with van der Waals surface area (Å²) >= 11 is 0. The lowest BCUT2D eigenvalue weighted by molar-refractivity contribution is -0.00236. The van der Waals surface area contributed by atoms with Crippen LogP contribution in [0.15, 0.2) is 24.3 Å². The van der Waals surface area contributed by atoms with E-state index in [4.69, 9.17) is 0 Å². The predicted octanol–water partition coefficient (Wildman–Crippen LogP) is 2.30. The lowest BCUT2D eigenvalue weighted by Crippen LogP contribution is -2.43. The van der Waals surface area contributed by atoms with E-state index in [1.54, 1.807) is 4.90 Å². The normalized spacial score (nSPS) is 28.7. The van der Waals surface area contributed by atoms with Crippen molar-refractivity contribution in [1.29, 1.82) is 0 Å². The van der Waals surface area contributed by atoms with E-state index in [2.05, 4.69) is 5.32 Å². The number of hydrogen-bond donors (Lipinski definition) is 2. The summed E-state index contributed by atoms with van der Waals surface area (Å²) in [5.41, 5.74) is 1.65. The highest BCUT2D eigenvalue weighted by Gasteiger charge is 2.53. The molecule has 1 saturated carbocycles. The van der Waals surface area contributed by atoms with Crippen LogP contribution in [0.1, 0.15) is 30.9 Å². The fourth-order valence-corrected chi connectivity index (χ4v) is 3.28. The summed E-state index contributed by atoms with van der Waals surface area (Å²) in [6.07, 6.45) is 2.19. The zero-order valence-corrected chi connectivity index (χ0v) is 12.8. The molecule has 1 saturated heterocycles. The summed E-state index contributed by atoms with van der Waals surface area (Å²) in [4.78, 5) is 14.0. The van der Waals surface area contributed by atoms with E-state index in [9.17, 15) is 9.90 Å². The molecule has 114 valence electrons. The number of carbonyl (C=O) groups is 1. The van der Waals surface area contributed by atoms with Crippen LogP contribution in [0.25, 0.3) is 0 Å². The first kappa shape index (κ1) is 14.4. The molecule has 0 radical (unpaired) electrons. The van der Waals surface area contributed by atoms with E-state index in [1.807, 2.05) is 38.1 Å². The van der Waals surface area contributed by atoms with E-state index in [0.717, 1.165) is 18.4 Å². The van der Waals surface area contributed by atoms with Crippen molar-refractivity contribution < 1.29 is 9.90 Å². The van der Waals surface area contributed by atoms with Gasteiger partial charge in [-0.3, -0.25) is 0 Å². The van der Waals surface area contributed by atoms with Gasteiger partial charge >= 0.3 is 6.03 Å². The number of urea groups is 1. The highest BCUT2D eigenvalue weighted by molar-refractivity contribution is 5.74. The number of hydrogen-bond acceptors (Lipinski definition) is 2. The molecule has 0 bridgehead atoms. The maximum Gasteiger partial charge on any atom is 0.317 e. The molecule has 2 aliphatic rings. The Kier molecular flexibility index (Phi) is 3.66. The number of carbonyl (C=O) groups excluding carboxylic acids is 1. The second-order valence-corrected chi connectivity index (χ2v) is 6.69. The Morgan fingerprint density at radius 1 is 1.38 bits per heavy atom. The molecule has 3 rings (SSSR count). The Bertz CT molecular complexity index is 524. The summed E-state index contributed by atoms with van der Waals surface area (Å²) in [5.74, 6) is 0.553. The number of amides is 2. The minimum atomic E-state index is -0.665. The summed E-state index contributed by atoms with van der Waals surface area (Å²) in [6, 6.07) is 8.08. The number of nitrogens with one attached hydrogen (secondary N) is 1. The van der Waals surface area contributed by atoms with E-state index in [-0.39, 0.29) is 11.9 Å². The van der Waals surface area contributed by atoms with Gasteiger partial charge in [-0.2, -0.15) is 0 Å². The quantitative estimate of drug-likeness (QED) is 0.896. The van der Waals surface area contributed by atoms with Gasteiger partial charge in [-0.25, -0.2) is 4.79 Å². The van der Waals surface area contributed by atoms with E-state index < -0.39 is 5.60 Å². The minimum absolute atomic E-state index is 0.0704. The zero-order valence-electron chi connectivity index (χ0n) is 12.8. The van der Waals surface area contributed by atoms with Gasteiger partial charge < -0.3 is 15.3 Å². The first-order chi connectivity index (χ1) is 9.99. The molecule has 2 atom stereocenters. The van der Waals surface area contributed by atoms with Gasteiger partial charge in [-0.05, 0) is 31.2 Å². The van der Waals surface area contributed by atoms with Gasteiger partial charge in [0.25, 0.3) is 0 Å². The maximum absolute atomic E-state index is 12.3. The molecule has 21 heavy (non-hydrogen) atoms. The topological polar surface area (TPSA) is 52.6 Å². The van der Waals surface area contributed by atoms with Crippen LogP contribution in [0.4, 0.5) is 4.79 Å². The second-order valence-electron chi connectivity index (χ2n) is 6.69. The molecule has 4 heteroatoms. The molecule has 1 aliphatic carbocycles. The molecule has 0 unspecified atom stereocenters. The lowest BCUT2D eigenvalue weighted by atomic mass is 9.88. The van der Waals surface area contributed by atoms with E-state index in [0.29, 0.717) is 25.6 Å². The van der Waals surface area contributed by atoms with Crippen LogP contribution < -0.4 is 5.32 Å². The number of aryl methyl sites for hydroxylation is 1. The molecule has 2 N–H and O–H groups in total. The van der Waals surface area contributed by atoms with Crippen LogP contribution >= 0.6 is 0 Å². The minimum Gasteiger partial charge on any atom is -0.387 e. The van der Waals surface area contributed by atoms with Gasteiger partial charge in [-0.1, -0.05) is 36.8 Å². The first-order valence-electron chi connectivity index (χ1n) is 7.80. The zero-order chi connectivity index (χ0) is 15.0. The summed E-state index contributed by atoms with van der Waals surface area (Å²) in [7, 11) is 0. The Balaban J connectivity index is 1.55. The largest absolute Gasteiger partial charge is 0.387 e. The molecule has 0 spiro atoms. The number of likely N-dealkylation sites (tertiary alicyclic amines) is 1. The van der Waals surface area contributed by atoms with Crippen molar-refractivity contribution in [3.05, 3.63) is 35.4 Å². The van der Waals surface area contributed by atoms with E-state index >= 15 is 0 Å². The molecule has 2 fully saturated rings. The van der Waals surface area contributed by atoms with Crippen LogP contribution in [0.5, 0.6) is 0 Å². The average molecular weight is 288 g/mol. The lowest BCUT2D eigenvalue weighted by Gasteiger charge is -2.26. The van der Waals surface area contributed by atoms with Crippen molar-refractivity contribution in [2.75, 3.05) is 13.1 Å². The van der Waals surface area contributed by atoms with Gasteiger partial charge in [0.15, 0.2) is 0 Å². The second kappa shape index (κ2) is 5.34. The molecular formula is C17H24N2O2. The number of nitrogens with zero attached hydrogens (tertiary/aromatic N) is 1. The number of benzene rings is 1. The average Bonchev–Trinajstić information content (AvgIpc) is 3.26. The third-order valence-electron chi connectivity index (χ3n) is 4.93. The van der Waals surface area contributed by atoms with Crippen molar-refractivity contribution in [3.63, 3.8) is 0 Å². The number of rotatable bonds is 3. The van der Waals surface area contributed by atoms with Gasteiger partial charge in [0.1, 0.15) is 0 Å². The third kappa shape index (κ3) is 2.91. The summed E-state index contributed by atoms with van der Waals surface area (Å²) in [5, 5.41) is 13.7. The van der Waals surface area contributed by atoms with Crippen LogP contribution in [-0.2, 0) is 6.54 Å². The van der Waals surface area contributed by atoms with Crippen molar-refractivity contribution in [2.24, 2.45) is 11.8 Å². The standard InChI is InChI=1S/C17H24N2O2/c1-12-3-5-14(6-4-12)9-18-16(20)19-10-13(2)17(21,11-19)15-7-8-15/h3-6,13,15,21H,7-11H2,1-2H3,(H,18,20)/t13-,17+/m1/s1. The smallest absolute Gasteiger partial charge is 0.317 e. The predicted molar refractivity (Wildman–Crippen MR) is 81.8 cm³/mol. The first-order valence-corrected chi connectivity index (χ1v) is 7.80. The SMILES string of the molecule is Cc1ccc(CNC(=O)N2C[C@@H](C)[C@](O)(C3CC3)C2)cc1. The van der Waals surface area contributed by atoms with E-state index in [1.165, 1.54) is 5.56 Å². The van der Waals surface area contributed by atoms with Crippen molar-refractivity contribution in [3.8, 4) is 0 Å². The fourth-order valence-electron chi connectivity index (χ4n) is 3.28. The van der Waals surface area contributed by atoms with Gasteiger partial charge in [-0.15, -0.1) is 0 Å². The number of β-amino-alcohol motifs (C(OH)–C–C–N with tert-alkyl or cyclic N) is 1. The Morgan fingerprint density at radius 3 is 2.67 bits per heavy atom. The number of aliphatic hydroxyl groups is 1. The van der Waals surface area contributed by atoms with Crippen LogP contribution in [0.3, 0.4) is 0 Å². The third-order valence-corrected chi connectivity index (χ3v) is 4.93. The molecule has 1 heterocycles. The van der Waals surface area contributed by atoms with Crippen LogP contribution in [-0.4, -0.2) is 34.7 Å². The van der Waals surface area contributed by atoms with Crippen molar-refractivity contribution in [2.45, 2.75) is 38.8 Å². The highest BCUT2D eigenvalue weighted by Crippen LogP contribution is 2.46. The monoisotopic (exact) mass is 288 g/mol. The van der Waals surface area contributed by atoms with Crippen LogP contribution in [0.2, 0.25) is 0 Å². The molecule has 1 aromatic rings. The van der Waals surface area contributed by atoms with Gasteiger partial charge in [0.05, 0.1) is 12.1 Å². The molecule has 2 amide bonds. The van der Waals surface area contributed by atoms with Crippen molar-refractivity contribution >= 4 is 6.03 Å². The summed E-state index contributed by atoms with van der Waals surface area (Å²) in [6.45, 7) is 5.75. The Hall–Kier alpha value is -1.55. The Labute approximate surface area is 126 Å². The van der Waals surface area contributed by atoms with Gasteiger partial charge in [0.2, 0.25) is 0 Å².